The van der Waals surface area contributed by atoms with E-state index in [-0.39, 0.29) is 5.91 Å². The minimum absolute atomic E-state index is 0.182. The van der Waals surface area contributed by atoms with Crippen LogP contribution in [0.1, 0.15) is 16.1 Å². The molecule has 1 aromatic carbocycles. The fourth-order valence-electron chi connectivity index (χ4n) is 1.77. The zero-order valence-electron chi connectivity index (χ0n) is 10.8. The number of nitrogens with one attached hydrogen (secondary N) is 1. The van der Waals surface area contributed by atoms with Crippen molar-refractivity contribution in [1.29, 1.82) is 0 Å². The average molecular weight is 273 g/mol. The molecule has 5 heteroatoms. The Morgan fingerprint density at radius 3 is 2.74 bits per heavy atom. The number of carbonyl (C=O) groups excluding carboxylic acids is 1. The van der Waals surface area contributed by atoms with Gasteiger partial charge in [-0.25, -0.2) is 4.98 Å². The summed E-state index contributed by atoms with van der Waals surface area (Å²) in [6.07, 6.45) is 1.97. The molecular weight excluding hydrogens is 258 g/mol. The maximum absolute atomic E-state index is 12.2. The molecule has 0 aliphatic heterocycles. The lowest BCUT2D eigenvalue weighted by molar-refractivity contribution is 0.102. The van der Waals surface area contributed by atoms with Gasteiger partial charge in [0.1, 0.15) is 5.82 Å². The van der Waals surface area contributed by atoms with Crippen LogP contribution in [0.3, 0.4) is 0 Å². The Hall–Kier alpha value is -2.01. The molecule has 0 spiro atoms. The molecule has 0 fully saturated rings. The van der Waals surface area contributed by atoms with Crippen LogP contribution in [0.15, 0.2) is 41.3 Å². The number of hydrogen-bond donors (Lipinski definition) is 2. The van der Waals surface area contributed by atoms with Crippen molar-refractivity contribution in [2.45, 2.75) is 11.8 Å². The Morgan fingerprint density at radius 2 is 2.05 bits per heavy atom. The molecule has 0 saturated heterocycles. The summed E-state index contributed by atoms with van der Waals surface area (Å²) in [4.78, 5) is 17.3. The SMILES string of the molecule is CSc1ccccc1NC(=O)c1cc(C)nc(N)c1. The maximum Gasteiger partial charge on any atom is 0.255 e. The molecule has 4 nitrogen and oxygen atoms in total. The van der Waals surface area contributed by atoms with Gasteiger partial charge >= 0.3 is 0 Å². The van der Waals surface area contributed by atoms with Gasteiger partial charge in [0.05, 0.1) is 5.69 Å². The highest BCUT2D eigenvalue weighted by Crippen LogP contribution is 2.25. The van der Waals surface area contributed by atoms with E-state index in [9.17, 15) is 4.79 Å². The highest BCUT2D eigenvalue weighted by molar-refractivity contribution is 7.98. The van der Waals surface area contributed by atoms with Gasteiger partial charge in [0.2, 0.25) is 0 Å². The molecule has 2 aromatic rings. The number of rotatable bonds is 3. The summed E-state index contributed by atoms with van der Waals surface area (Å²) < 4.78 is 0. The van der Waals surface area contributed by atoms with Crippen molar-refractivity contribution in [3.05, 3.63) is 47.7 Å². The van der Waals surface area contributed by atoms with Gasteiger partial charge in [0, 0.05) is 16.2 Å². The second-order valence-electron chi connectivity index (χ2n) is 4.08. The Morgan fingerprint density at radius 1 is 1.32 bits per heavy atom. The van der Waals surface area contributed by atoms with E-state index < -0.39 is 0 Å². The molecule has 0 unspecified atom stereocenters. The molecule has 0 atom stereocenters. The molecule has 0 bridgehead atoms. The summed E-state index contributed by atoms with van der Waals surface area (Å²) in [6.45, 7) is 1.81. The number of anilines is 2. The molecule has 19 heavy (non-hydrogen) atoms. The van der Waals surface area contributed by atoms with E-state index in [0.29, 0.717) is 11.4 Å². The van der Waals surface area contributed by atoms with Crippen molar-refractivity contribution in [2.75, 3.05) is 17.3 Å². The summed E-state index contributed by atoms with van der Waals surface area (Å²) >= 11 is 1.59. The summed E-state index contributed by atoms with van der Waals surface area (Å²) in [5.41, 5.74) is 7.69. The van der Waals surface area contributed by atoms with Gasteiger partial charge < -0.3 is 11.1 Å². The Labute approximate surface area is 116 Å². The lowest BCUT2D eigenvalue weighted by Gasteiger charge is -2.09. The standard InChI is InChI=1S/C14H15N3OS/c1-9-7-10(8-13(15)16-9)14(18)17-11-5-3-4-6-12(11)19-2/h3-8H,1-2H3,(H2,15,16)(H,17,18). The summed E-state index contributed by atoms with van der Waals surface area (Å²) in [7, 11) is 0. The monoisotopic (exact) mass is 273 g/mol. The van der Waals surface area contributed by atoms with E-state index in [1.54, 1.807) is 23.9 Å². The van der Waals surface area contributed by atoms with Crippen molar-refractivity contribution < 1.29 is 4.79 Å². The molecule has 0 saturated carbocycles. The van der Waals surface area contributed by atoms with Crippen LogP contribution in [0.2, 0.25) is 0 Å². The van der Waals surface area contributed by atoms with Crippen molar-refractivity contribution in [1.82, 2.24) is 4.98 Å². The van der Waals surface area contributed by atoms with Gasteiger partial charge in [-0.15, -0.1) is 11.8 Å². The van der Waals surface area contributed by atoms with Crippen LogP contribution in [0, 0.1) is 6.92 Å². The molecule has 98 valence electrons. The molecule has 3 N–H and O–H groups in total. The molecule has 1 aromatic heterocycles. The minimum atomic E-state index is -0.182. The Bertz CT molecular complexity index is 593. The number of nitrogens with zero attached hydrogens (tertiary/aromatic N) is 1. The number of thioether (sulfide) groups is 1. The Kier molecular flexibility index (Phi) is 4.06. The van der Waals surface area contributed by atoms with Crippen LogP contribution in [0.4, 0.5) is 11.5 Å². The number of hydrogen-bond acceptors (Lipinski definition) is 4. The van der Waals surface area contributed by atoms with Crippen LogP contribution in [-0.4, -0.2) is 17.1 Å². The molecule has 2 rings (SSSR count). The summed E-state index contributed by atoms with van der Waals surface area (Å²) in [6, 6.07) is 11.0. The predicted molar refractivity (Wildman–Crippen MR) is 79.6 cm³/mol. The topological polar surface area (TPSA) is 68.0 Å². The number of benzene rings is 1. The number of aryl methyl sites for hydroxylation is 1. The van der Waals surface area contributed by atoms with Gasteiger partial charge in [-0.1, -0.05) is 12.1 Å². The lowest BCUT2D eigenvalue weighted by Crippen LogP contribution is -2.13. The minimum Gasteiger partial charge on any atom is -0.384 e. The van der Waals surface area contributed by atoms with Gasteiger partial charge in [-0.3, -0.25) is 4.79 Å². The van der Waals surface area contributed by atoms with Crippen LogP contribution >= 0.6 is 11.8 Å². The van der Waals surface area contributed by atoms with E-state index in [2.05, 4.69) is 10.3 Å². The highest BCUT2D eigenvalue weighted by Gasteiger charge is 2.10. The summed E-state index contributed by atoms with van der Waals surface area (Å²) in [5.74, 6) is 0.169. The zero-order valence-corrected chi connectivity index (χ0v) is 11.6. The third-order valence-electron chi connectivity index (χ3n) is 2.59. The number of carbonyl (C=O) groups is 1. The first-order valence-corrected chi connectivity index (χ1v) is 7.01. The molecule has 0 aliphatic rings. The molecular formula is C14H15N3OS. The van der Waals surface area contributed by atoms with Crippen LogP contribution in [-0.2, 0) is 0 Å². The molecule has 0 radical (unpaired) electrons. The first-order chi connectivity index (χ1) is 9.10. The van der Waals surface area contributed by atoms with Crippen LogP contribution in [0.25, 0.3) is 0 Å². The van der Waals surface area contributed by atoms with Crippen molar-refractivity contribution >= 4 is 29.2 Å². The van der Waals surface area contributed by atoms with E-state index in [4.69, 9.17) is 5.73 Å². The number of pyridine rings is 1. The van der Waals surface area contributed by atoms with Gasteiger partial charge in [-0.2, -0.15) is 0 Å². The first-order valence-electron chi connectivity index (χ1n) is 5.78. The van der Waals surface area contributed by atoms with E-state index in [1.165, 1.54) is 0 Å². The second kappa shape index (κ2) is 5.75. The van der Waals surface area contributed by atoms with Gasteiger partial charge in [0.25, 0.3) is 5.91 Å². The number of aromatic nitrogens is 1. The van der Waals surface area contributed by atoms with E-state index in [1.807, 2.05) is 37.4 Å². The smallest absolute Gasteiger partial charge is 0.255 e. The number of nitrogen functional groups attached to an aromatic ring is 1. The fraction of sp³-hybridized carbons (Fsp3) is 0.143. The first kappa shape index (κ1) is 13.4. The largest absolute Gasteiger partial charge is 0.384 e. The van der Waals surface area contributed by atoms with Gasteiger partial charge in [-0.05, 0) is 37.4 Å². The molecule has 1 amide bonds. The zero-order chi connectivity index (χ0) is 13.8. The van der Waals surface area contributed by atoms with Gasteiger partial charge in [0.15, 0.2) is 0 Å². The summed E-state index contributed by atoms with van der Waals surface area (Å²) in [5, 5.41) is 2.89. The third-order valence-corrected chi connectivity index (χ3v) is 3.39. The number of para-hydroxylation sites is 1. The lowest BCUT2D eigenvalue weighted by atomic mass is 10.2. The maximum atomic E-state index is 12.2. The molecule has 1 heterocycles. The van der Waals surface area contributed by atoms with Crippen molar-refractivity contribution in [2.24, 2.45) is 0 Å². The van der Waals surface area contributed by atoms with Crippen LogP contribution < -0.4 is 11.1 Å². The normalized spacial score (nSPS) is 10.2. The predicted octanol–water partition coefficient (Wildman–Crippen LogP) is 2.95. The van der Waals surface area contributed by atoms with E-state index >= 15 is 0 Å². The van der Waals surface area contributed by atoms with Crippen molar-refractivity contribution in [3.63, 3.8) is 0 Å². The second-order valence-corrected chi connectivity index (χ2v) is 4.92. The highest BCUT2D eigenvalue weighted by atomic mass is 32.2. The number of amides is 1. The number of nitrogens with two attached hydrogens (primary N) is 1. The third kappa shape index (κ3) is 3.26. The quantitative estimate of drug-likeness (QED) is 0.844. The van der Waals surface area contributed by atoms with E-state index in [0.717, 1.165) is 16.3 Å². The Balaban J connectivity index is 2.25. The molecule has 0 aliphatic carbocycles. The fourth-order valence-corrected chi connectivity index (χ4v) is 2.32. The van der Waals surface area contributed by atoms with Crippen molar-refractivity contribution in [3.8, 4) is 0 Å². The average Bonchev–Trinajstić information content (AvgIpc) is 2.38. The van der Waals surface area contributed by atoms with Crippen LogP contribution in [0.5, 0.6) is 0 Å².